The zero-order valence-electron chi connectivity index (χ0n) is 9.50. The molecule has 89 valence electrons. The number of aryl methyl sites for hydroxylation is 1. The van der Waals surface area contributed by atoms with Gasteiger partial charge in [-0.15, -0.1) is 0 Å². The van der Waals surface area contributed by atoms with Crippen molar-refractivity contribution < 1.29 is 22.4 Å². The van der Waals surface area contributed by atoms with Crippen LogP contribution >= 0.6 is 11.6 Å². The quantitative estimate of drug-likeness (QED) is 0.564. The van der Waals surface area contributed by atoms with E-state index in [1.807, 2.05) is 19.1 Å². The summed E-state index contributed by atoms with van der Waals surface area (Å²) in [5.41, 5.74) is 2.44. The van der Waals surface area contributed by atoms with Crippen molar-refractivity contribution in [3.05, 3.63) is 41.4 Å². The third kappa shape index (κ3) is 2.33. The van der Waals surface area contributed by atoms with Crippen LogP contribution in [-0.4, -0.2) is 15.0 Å². The van der Waals surface area contributed by atoms with Crippen LogP contribution in [0.1, 0.15) is 5.69 Å². The Balaban J connectivity index is 0.00000120. The van der Waals surface area contributed by atoms with Crippen molar-refractivity contribution in [1.82, 2.24) is 19.9 Å². The van der Waals surface area contributed by atoms with E-state index in [1.165, 1.54) is 0 Å². The van der Waals surface area contributed by atoms with Gasteiger partial charge in [-0.25, -0.2) is 9.97 Å². The van der Waals surface area contributed by atoms with Crippen molar-refractivity contribution in [1.29, 1.82) is 0 Å². The molecule has 6 heteroatoms. The number of hydrogen-bond donors (Lipinski definition) is 0. The van der Waals surface area contributed by atoms with E-state index in [2.05, 4.69) is 19.9 Å². The number of rotatable bonds is 1. The molecule has 3 aromatic heterocycles. The van der Waals surface area contributed by atoms with Gasteiger partial charge >= 0.3 is 0 Å². The monoisotopic (exact) mass is 424 g/mol. The molecule has 0 fully saturated rings. The summed E-state index contributed by atoms with van der Waals surface area (Å²) < 4.78 is 0. The molecule has 0 aliphatic heterocycles. The van der Waals surface area contributed by atoms with Gasteiger partial charge in [-0.1, -0.05) is 41.8 Å². The summed E-state index contributed by atoms with van der Waals surface area (Å²) >= 11 is 5.94. The molecule has 0 unspecified atom stereocenters. The standard InChI is InChI=1S/C12H8ClN4.Ta/c1-7-6-10(13)17-12(16-7)9-3-5-15-11-8(9)2-4-14-11;/h2-6H,1H3;/q-1;. The van der Waals surface area contributed by atoms with Gasteiger partial charge in [-0.3, -0.25) is 0 Å². The molecular weight excluding hydrogens is 417 g/mol. The van der Waals surface area contributed by atoms with Crippen molar-refractivity contribution >= 4 is 22.6 Å². The Morgan fingerprint density at radius 1 is 1.22 bits per heavy atom. The fourth-order valence-electron chi connectivity index (χ4n) is 1.76. The second kappa shape index (κ2) is 5.20. The fraction of sp³-hybridized carbons (Fsp3) is 0.0833. The number of nitrogens with zero attached hydrogens (tertiary/aromatic N) is 4. The second-order valence-electron chi connectivity index (χ2n) is 3.70. The molecule has 0 spiro atoms. The Morgan fingerprint density at radius 2 is 2.06 bits per heavy atom. The summed E-state index contributed by atoms with van der Waals surface area (Å²) in [6.07, 6.45) is 3.42. The Morgan fingerprint density at radius 3 is 2.83 bits per heavy atom. The summed E-state index contributed by atoms with van der Waals surface area (Å²) in [5, 5.41) is 1.38. The van der Waals surface area contributed by atoms with Crippen LogP contribution in [-0.2, 0) is 22.4 Å². The molecular formula is C12H8ClN4Ta-. The van der Waals surface area contributed by atoms with E-state index < -0.39 is 0 Å². The van der Waals surface area contributed by atoms with Gasteiger partial charge in [0.05, 0.1) is 0 Å². The van der Waals surface area contributed by atoms with Gasteiger partial charge < -0.3 is 9.97 Å². The van der Waals surface area contributed by atoms with Gasteiger partial charge in [-0.2, -0.15) is 0 Å². The SMILES string of the molecule is Cc1cc(Cl)nc(-c2ccnc3[n-]ccc23)n1.[Ta]. The van der Waals surface area contributed by atoms with Crippen LogP contribution in [0.4, 0.5) is 0 Å². The minimum atomic E-state index is 0. The summed E-state index contributed by atoms with van der Waals surface area (Å²) in [6.45, 7) is 1.89. The van der Waals surface area contributed by atoms with Gasteiger partial charge in [-0.05, 0) is 18.4 Å². The van der Waals surface area contributed by atoms with Crippen LogP contribution < -0.4 is 4.98 Å². The van der Waals surface area contributed by atoms with Gasteiger partial charge in [0.2, 0.25) is 0 Å². The maximum Gasteiger partial charge on any atom is 0.161 e. The Bertz CT molecular complexity index is 675. The number of fused-ring (bicyclic) bond motifs is 1. The predicted octanol–water partition coefficient (Wildman–Crippen LogP) is 2.61. The van der Waals surface area contributed by atoms with Gasteiger partial charge in [0.15, 0.2) is 5.82 Å². The average molecular weight is 425 g/mol. The molecule has 0 saturated carbocycles. The topological polar surface area (TPSA) is 52.8 Å². The second-order valence-corrected chi connectivity index (χ2v) is 4.08. The molecule has 0 aromatic carbocycles. The first-order chi connectivity index (χ1) is 8.24. The first-order valence-electron chi connectivity index (χ1n) is 5.12. The van der Waals surface area contributed by atoms with Crippen molar-refractivity contribution in [3.8, 4) is 11.4 Å². The third-order valence-corrected chi connectivity index (χ3v) is 2.66. The van der Waals surface area contributed by atoms with E-state index in [0.717, 1.165) is 16.6 Å². The maximum absolute atomic E-state index is 5.94. The Hall–Kier alpha value is -1.20. The third-order valence-electron chi connectivity index (χ3n) is 2.47. The van der Waals surface area contributed by atoms with E-state index in [4.69, 9.17) is 11.6 Å². The van der Waals surface area contributed by atoms with E-state index in [-0.39, 0.29) is 22.4 Å². The number of halogens is 1. The first-order valence-corrected chi connectivity index (χ1v) is 5.50. The van der Waals surface area contributed by atoms with Crippen LogP contribution in [0, 0.1) is 6.92 Å². The van der Waals surface area contributed by atoms with Crippen molar-refractivity contribution in [2.45, 2.75) is 6.92 Å². The zero-order chi connectivity index (χ0) is 11.8. The molecule has 4 nitrogen and oxygen atoms in total. The van der Waals surface area contributed by atoms with Crippen LogP contribution in [0.3, 0.4) is 0 Å². The summed E-state index contributed by atoms with van der Waals surface area (Å²) in [6, 6.07) is 5.50. The smallest absolute Gasteiger partial charge is 0.161 e. The first kappa shape index (κ1) is 13.2. The van der Waals surface area contributed by atoms with Crippen LogP contribution in [0.25, 0.3) is 22.4 Å². The van der Waals surface area contributed by atoms with Crippen LogP contribution in [0.15, 0.2) is 30.6 Å². The number of hydrogen-bond acceptors (Lipinski definition) is 3. The average Bonchev–Trinajstić information content (AvgIpc) is 2.75. The predicted molar refractivity (Wildman–Crippen MR) is 65.8 cm³/mol. The summed E-state index contributed by atoms with van der Waals surface area (Å²) in [4.78, 5) is 16.9. The molecule has 0 N–H and O–H groups in total. The number of pyridine rings is 1. The van der Waals surface area contributed by atoms with E-state index in [1.54, 1.807) is 18.5 Å². The molecule has 3 heterocycles. The molecule has 0 aliphatic carbocycles. The molecule has 18 heavy (non-hydrogen) atoms. The van der Waals surface area contributed by atoms with E-state index in [0.29, 0.717) is 16.6 Å². The molecule has 3 rings (SSSR count). The van der Waals surface area contributed by atoms with Gasteiger partial charge in [0, 0.05) is 33.6 Å². The summed E-state index contributed by atoms with van der Waals surface area (Å²) in [5.74, 6) is 0.607. The molecule has 1 radical (unpaired) electrons. The van der Waals surface area contributed by atoms with Crippen LogP contribution in [0.2, 0.25) is 5.15 Å². The zero-order valence-corrected chi connectivity index (χ0v) is 13.5. The minimum Gasteiger partial charge on any atom is -0.442 e. The van der Waals surface area contributed by atoms with Gasteiger partial charge in [0.25, 0.3) is 0 Å². The summed E-state index contributed by atoms with van der Waals surface area (Å²) in [7, 11) is 0. The minimum absolute atomic E-state index is 0. The fourth-order valence-corrected chi connectivity index (χ4v) is 2.00. The van der Waals surface area contributed by atoms with E-state index in [9.17, 15) is 0 Å². The molecule has 0 amide bonds. The molecule has 0 atom stereocenters. The largest absolute Gasteiger partial charge is 0.442 e. The molecule has 0 bridgehead atoms. The van der Waals surface area contributed by atoms with Crippen molar-refractivity contribution in [3.63, 3.8) is 0 Å². The van der Waals surface area contributed by atoms with E-state index >= 15 is 0 Å². The molecule has 3 aromatic rings. The Kier molecular flexibility index (Phi) is 3.82. The molecule has 0 saturated heterocycles. The van der Waals surface area contributed by atoms with Crippen LogP contribution in [0.5, 0.6) is 0 Å². The Labute approximate surface area is 124 Å². The number of aromatic nitrogens is 4. The van der Waals surface area contributed by atoms with Gasteiger partial charge in [0.1, 0.15) is 5.15 Å². The van der Waals surface area contributed by atoms with Crippen molar-refractivity contribution in [2.75, 3.05) is 0 Å². The molecule has 0 aliphatic rings. The maximum atomic E-state index is 5.94. The van der Waals surface area contributed by atoms with Crippen molar-refractivity contribution in [2.24, 2.45) is 0 Å². The normalized spacial score (nSPS) is 10.3.